The van der Waals surface area contributed by atoms with Gasteiger partial charge in [0.05, 0.1) is 10.8 Å². The summed E-state index contributed by atoms with van der Waals surface area (Å²) in [6.07, 6.45) is -2.10. The van der Waals surface area contributed by atoms with Gasteiger partial charge in [0.25, 0.3) is 0 Å². The molecule has 0 bridgehead atoms. The molecule has 0 aromatic heterocycles. The Morgan fingerprint density at radius 3 is 2.27 bits per heavy atom. The van der Waals surface area contributed by atoms with Gasteiger partial charge >= 0.3 is 6.18 Å². The second kappa shape index (κ2) is 3.84. The Bertz CT molecular complexity index is 233. The fraction of sp³-hybridized carbons (Fsp3) is 1.00. The molecule has 1 nitrogen and oxygen atoms in total. The largest absolute Gasteiger partial charge is 0.391 e. The smallest absolute Gasteiger partial charge is 0.299 e. The van der Waals surface area contributed by atoms with Crippen LogP contribution in [0, 0.1) is 5.92 Å². The lowest BCUT2D eigenvalue weighted by atomic mass is 9.85. The van der Waals surface area contributed by atoms with Crippen molar-refractivity contribution in [3.05, 3.63) is 0 Å². The van der Waals surface area contributed by atoms with Crippen LogP contribution in [0.15, 0.2) is 0 Å². The summed E-state index contributed by atoms with van der Waals surface area (Å²) in [5, 5.41) is 3.44. The van der Waals surface area contributed by atoms with Crippen LogP contribution in [0.2, 0.25) is 0 Å². The maximum atomic E-state index is 12.5. The summed E-state index contributed by atoms with van der Waals surface area (Å²) < 4.78 is 37.4. The van der Waals surface area contributed by atoms with E-state index in [1.165, 1.54) is 0 Å². The Morgan fingerprint density at radius 1 is 1.27 bits per heavy atom. The molecule has 88 valence electrons. The molecule has 0 aromatic rings. The molecule has 2 aliphatic rings. The van der Waals surface area contributed by atoms with Crippen molar-refractivity contribution in [2.45, 2.75) is 49.7 Å². The van der Waals surface area contributed by atoms with Crippen LogP contribution in [0.5, 0.6) is 0 Å². The Labute approximate surface area is 92.2 Å². The zero-order chi connectivity index (χ0) is 11.1. The van der Waals surface area contributed by atoms with Crippen molar-refractivity contribution in [2.24, 2.45) is 5.92 Å². The van der Waals surface area contributed by atoms with E-state index in [1.54, 1.807) is 0 Å². The van der Waals surface area contributed by atoms with E-state index in [9.17, 15) is 13.2 Å². The molecule has 1 aliphatic heterocycles. The van der Waals surface area contributed by atoms with Crippen LogP contribution in [0.3, 0.4) is 0 Å². The summed E-state index contributed by atoms with van der Waals surface area (Å²) >= 11 is 1.81. The summed E-state index contributed by atoms with van der Waals surface area (Å²) in [5.74, 6) is -0.0436. The molecule has 5 heteroatoms. The van der Waals surface area contributed by atoms with E-state index < -0.39 is 12.1 Å². The first-order valence-electron chi connectivity index (χ1n) is 5.40. The van der Waals surface area contributed by atoms with Gasteiger partial charge in [-0.25, -0.2) is 0 Å². The molecule has 15 heavy (non-hydrogen) atoms. The Kier molecular flexibility index (Phi) is 2.97. The second-order valence-corrected chi connectivity index (χ2v) is 6.07. The van der Waals surface area contributed by atoms with Crippen molar-refractivity contribution in [3.8, 4) is 0 Å². The quantitative estimate of drug-likeness (QED) is 0.697. The third-order valence-corrected chi connectivity index (χ3v) is 5.12. The average Bonchev–Trinajstić information content (AvgIpc) is 2.47. The van der Waals surface area contributed by atoms with Gasteiger partial charge in [0.15, 0.2) is 0 Å². The lowest BCUT2D eigenvalue weighted by Gasteiger charge is -2.37. The van der Waals surface area contributed by atoms with E-state index in [0.717, 1.165) is 5.75 Å². The first-order valence-corrected chi connectivity index (χ1v) is 6.38. The van der Waals surface area contributed by atoms with Crippen LogP contribution >= 0.6 is 11.8 Å². The summed E-state index contributed by atoms with van der Waals surface area (Å²) in [5.41, 5.74) is 0. The minimum absolute atomic E-state index is 0.0405. The topological polar surface area (TPSA) is 12.0 Å². The molecule has 2 rings (SSSR count). The molecular formula is C10H16F3NS. The van der Waals surface area contributed by atoms with Crippen molar-refractivity contribution in [2.75, 3.05) is 5.75 Å². The summed E-state index contributed by atoms with van der Waals surface area (Å²) in [4.78, 5) is -0.0405. The van der Waals surface area contributed by atoms with Crippen LogP contribution in [-0.4, -0.2) is 22.8 Å². The number of thioether (sulfide) groups is 1. The molecule has 2 fully saturated rings. The highest BCUT2D eigenvalue weighted by Gasteiger charge is 2.47. The first-order chi connectivity index (χ1) is 6.91. The van der Waals surface area contributed by atoms with Gasteiger partial charge in [0, 0.05) is 11.8 Å². The van der Waals surface area contributed by atoms with Crippen LogP contribution < -0.4 is 5.32 Å². The molecule has 0 aromatic carbocycles. The maximum Gasteiger partial charge on any atom is 0.391 e. The number of hydrogen-bond acceptors (Lipinski definition) is 2. The van der Waals surface area contributed by atoms with Gasteiger partial charge < -0.3 is 0 Å². The lowest BCUT2D eigenvalue weighted by molar-refractivity contribution is -0.183. The van der Waals surface area contributed by atoms with E-state index >= 15 is 0 Å². The normalized spacial score (nSPS) is 42.4. The summed E-state index contributed by atoms with van der Waals surface area (Å²) in [7, 11) is 0. The molecule has 1 atom stereocenters. The minimum atomic E-state index is -3.99. The lowest BCUT2D eigenvalue weighted by Crippen LogP contribution is -2.45. The van der Waals surface area contributed by atoms with E-state index in [-0.39, 0.29) is 17.7 Å². The van der Waals surface area contributed by atoms with Crippen LogP contribution in [0.1, 0.15) is 32.6 Å². The fourth-order valence-electron chi connectivity index (χ4n) is 2.52. The molecule has 0 amide bonds. The molecule has 1 aliphatic carbocycles. The molecule has 1 saturated carbocycles. The van der Waals surface area contributed by atoms with Gasteiger partial charge in [0.1, 0.15) is 0 Å². The predicted molar refractivity (Wildman–Crippen MR) is 55.8 cm³/mol. The molecular weight excluding hydrogens is 223 g/mol. The van der Waals surface area contributed by atoms with Crippen molar-refractivity contribution < 1.29 is 13.2 Å². The van der Waals surface area contributed by atoms with Gasteiger partial charge in [-0.3, -0.25) is 5.32 Å². The fourth-order valence-corrected chi connectivity index (χ4v) is 3.98. The van der Waals surface area contributed by atoms with Crippen molar-refractivity contribution in [3.63, 3.8) is 0 Å². The Hall–Kier alpha value is 0.1000. The monoisotopic (exact) mass is 239 g/mol. The second-order valence-electron chi connectivity index (χ2n) is 4.67. The van der Waals surface area contributed by atoms with E-state index in [1.807, 2.05) is 11.8 Å². The first kappa shape index (κ1) is 11.6. The third-order valence-electron chi connectivity index (χ3n) is 3.38. The number of hydrogen-bond donors (Lipinski definition) is 1. The van der Waals surface area contributed by atoms with Gasteiger partial charge in [-0.1, -0.05) is 0 Å². The van der Waals surface area contributed by atoms with Crippen molar-refractivity contribution >= 4 is 11.8 Å². The van der Waals surface area contributed by atoms with Crippen LogP contribution in [-0.2, 0) is 0 Å². The highest BCUT2D eigenvalue weighted by atomic mass is 32.2. The molecule has 1 spiro atoms. The molecule has 1 unspecified atom stereocenters. The van der Waals surface area contributed by atoms with Crippen LogP contribution in [0.25, 0.3) is 0 Å². The Balaban J connectivity index is 1.92. The van der Waals surface area contributed by atoms with Gasteiger partial charge in [0.2, 0.25) is 0 Å². The number of halogens is 3. The number of alkyl halides is 3. The standard InChI is InChI=1S/C10H16F3NS/c1-7-6-15-9(14-7)4-2-8(3-5-9)10(11,12)13/h7-8,14H,2-6H2,1H3. The zero-order valence-corrected chi connectivity index (χ0v) is 9.55. The molecule has 1 saturated heterocycles. The molecule has 0 radical (unpaired) electrons. The van der Waals surface area contributed by atoms with Gasteiger partial charge in [-0.2, -0.15) is 13.2 Å². The van der Waals surface area contributed by atoms with E-state index in [4.69, 9.17) is 0 Å². The SMILES string of the molecule is CC1CSC2(CCC(C(F)(F)F)CC2)N1. The average molecular weight is 239 g/mol. The van der Waals surface area contributed by atoms with Crippen molar-refractivity contribution in [1.29, 1.82) is 0 Å². The van der Waals surface area contributed by atoms with E-state index in [0.29, 0.717) is 18.9 Å². The zero-order valence-electron chi connectivity index (χ0n) is 8.73. The number of rotatable bonds is 0. The van der Waals surface area contributed by atoms with Gasteiger partial charge in [-0.05, 0) is 32.6 Å². The third kappa shape index (κ3) is 2.44. The predicted octanol–water partition coefficient (Wildman–Crippen LogP) is 3.16. The molecule has 1 heterocycles. The number of nitrogens with one attached hydrogen (secondary N) is 1. The highest BCUT2D eigenvalue weighted by molar-refractivity contribution is 8.00. The Morgan fingerprint density at radius 2 is 1.87 bits per heavy atom. The summed E-state index contributed by atoms with van der Waals surface area (Å²) in [6, 6.07) is 0.442. The minimum Gasteiger partial charge on any atom is -0.299 e. The van der Waals surface area contributed by atoms with Crippen LogP contribution in [0.4, 0.5) is 13.2 Å². The highest BCUT2D eigenvalue weighted by Crippen LogP contribution is 2.47. The summed E-state index contributed by atoms with van der Waals surface area (Å²) in [6.45, 7) is 2.09. The van der Waals surface area contributed by atoms with Gasteiger partial charge in [-0.15, -0.1) is 11.8 Å². The van der Waals surface area contributed by atoms with Crippen molar-refractivity contribution in [1.82, 2.24) is 5.32 Å². The van der Waals surface area contributed by atoms with E-state index in [2.05, 4.69) is 12.2 Å². The molecule has 1 N–H and O–H groups in total. The maximum absolute atomic E-state index is 12.5.